The van der Waals surface area contributed by atoms with Crippen molar-refractivity contribution in [2.24, 2.45) is 0 Å². The van der Waals surface area contributed by atoms with Crippen molar-refractivity contribution in [3.8, 4) is 0 Å². The summed E-state index contributed by atoms with van der Waals surface area (Å²) in [7, 11) is 0. The first kappa shape index (κ1) is 14.2. The van der Waals surface area contributed by atoms with Crippen molar-refractivity contribution in [2.75, 3.05) is 26.2 Å². The Morgan fingerprint density at radius 2 is 1.63 bits per heavy atom. The highest BCUT2D eigenvalue weighted by Gasteiger charge is 2.36. The molecule has 0 saturated carbocycles. The van der Waals surface area contributed by atoms with Crippen molar-refractivity contribution in [3.63, 3.8) is 0 Å². The Bertz CT molecular complexity index is 357. The zero-order chi connectivity index (χ0) is 13.9. The third-order valence-corrected chi connectivity index (χ3v) is 3.72. The van der Waals surface area contributed by atoms with Crippen LogP contribution in [0.2, 0.25) is 0 Å². The molecule has 0 atom stereocenters. The van der Waals surface area contributed by atoms with Crippen LogP contribution in [-0.2, 0) is 0 Å². The number of hydrogen-bond donors (Lipinski definition) is 0. The molecular formula is C13H19F3N2O. The van der Waals surface area contributed by atoms with Gasteiger partial charge in [0.25, 0.3) is 0 Å². The average Bonchev–Trinajstić information content (AvgIpc) is 2.66. The summed E-state index contributed by atoms with van der Waals surface area (Å²) in [5.41, 5.74) is -0.507. The molecule has 0 spiro atoms. The first-order valence-electron chi connectivity index (χ1n) is 6.78. The quantitative estimate of drug-likeness (QED) is 0.623. The minimum Gasteiger partial charge on any atom is -0.325 e. The molecule has 0 aliphatic carbocycles. The third kappa shape index (κ3) is 3.64. The molecule has 0 aromatic rings. The fraction of sp³-hybridized carbons (Fsp3) is 0.769. The molecule has 0 unspecified atom stereocenters. The Morgan fingerprint density at radius 1 is 1.00 bits per heavy atom. The zero-order valence-corrected chi connectivity index (χ0v) is 10.9. The Labute approximate surface area is 111 Å². The van der Waals surface area contributed by atoms with Crippen molar-refractivity contribution < 1.29 is 18.0 Å². The monoisotopic (exact) mass is 276 g/mol. The van der Waals surface area contributed by atoms with E-state index in [1.54, 1.807) is 4.90 Å². The molecule has 1 saturated heterocycles. The van der Waals surface area contributed by atoms with Gasteiger partial charge in [-0.25, -0.2) is 4.79 Å². The first-order valence-corrected chi connectivity index (χ1v) is 6.78. The van der Waals surface area contributed by atoms with Crippen LogP contribution in [0.3, 0.4) is 0 Å². The minimum absolute atomic E-state index is 0.0736. The van der Waals surface area contributed by atoms with E-state index in [0.29, 0.717) is 0 Å². The van der Waals surface area contributed by atoms with Crippen LogP contribution in [0.15, 0.2) is 11.6 Å². The van der Waals surface area contributed by atoms with E-state index in [2.05, 4.69) is 0 Å². The molecule has 2 aliphatic rings. The summed E-state index contributed by atoms with van der Waals surface area (Å²) in [6, 6.07) is -0.112. The van der Waals surface area contributed by atoms with Gasteiger partial charge in [-0.3, -0.25) is 0 Å². The molecule has 108 valence electrons. The average molecular weight is 276 g/mol. The normalized spacial score (nSPS) is 21.9. The minimum atomic E-state index is -4.25. The summed E-state index contributed by atoms with van der Waals surface area (Å²) in [5, 5.41) is 0. The van der Waals surface area contributed by atoms with Gasteiger partial charge >= 0.3 is 12.2 Å². The summed E-state index contributed by atoms with van der Waals surface area (Å²) in [4.78, 5) is 15.5. The molecule has 3 nitrogen and oxygen atoms in total. The van der Waals surface area contributed by atoms with Crippen LogP contribution in [0.4, 0.5) is 18.0 Å². The number of amides is 2. The number of alkyl halides is 3. The molecule has 0 bridgehead atoms. The Kier molecular flexibility index (Phi) is 4.37. The lowest BCUT2D eigenvalue weighted by atomic mass is 10.1. The van der Waals surface area contributed by atoms with E-state index in [4.69, 9.17) is 0 Å². The maximum atomic E-state index is 12.5. The van der Waals surface area contributed by atoms with E-state index in [-0.39, 0.29) is 25.5 Å². The van der Waals surface area contributed by atoms with E-state index in [9.17, 15) is 18.0 Å². The van der Waals surface area contributed by atoms with E-state index in [1.807, 2.05) is 0 Å². The standard InChI is InChI=1S/C13H19F3N2O/c14-13(15,16)11-5-9-18(10-6-11)12(19)17-7-3-1-2-4-8-17/h5H,1-4,6-10H2. The van der Waals surface area contributed by atoms with E-state index >= 15 is 0 Å². The molecule has 0 aromatic heterocycles. The largest absolute Gasteiger partial charge is 0.412 e. The number of rotatable bonds is 0. The van der Waals surface area contributed by atoms with Gasteiger partial charge in [-0.05, 0) is 19.3 Å². The second-order valence-electron chi connectivity index (χ2n) is 5.11. The van der Waals surface area contributed by atoms with E-state index < -0.39 is 11.7 Å². The zero-order valence-electron chi connectivity index (χ0n) is 10.9. The summed E-state index contributed by atoms with van der Waals surface area (Å²) >= 11 is 0. The lowest BCUT2D eigenvalue weighted by molar-refractivity contribution is -0.0957. The van der Waals surface area contributed by atoms with Gasteiger partial charge in [0.1, 0.15) is 0 Å². The number of carbonyl (C=O) groups is 1. The highest BCUT2D eigenvalue weighted by atomic mass is 19.4. The van der Waals surface area contributed by atoms with Gasteiger partial charge in [0, 0.05) is 31.8 Å². The molecule has 2 amide bonds. The summed E-state index contributed by atoms with van der Waals surface area (Å²) < 4.78 is 37.5. The predicted octanol–water partition coefficient (Wildman–Crippen LogP) is 3.18. The molecule has 6 heteroatoms. The maximum absolute atomic E-state index is 12.5. The Morgan fingerprint density at radius 3 is 2.11 bits per heavy atom. The van der Waals surface area contributed by atoms with Gasteiger partial charge in [-0.2, -0.15) is 13.2 Å². The number of halogens is 3. The Balaban J connectivity index is 1.93. The van der Waals surface area contributed by atoms with Gasteiger partial charge < -0.3 is 9.80 Å². The number of carbonyl (C=O) groups excluding carboxylic acids is 1. The van der Waals surface area contributed by atoms with Crippen molar-refractivity contribution in [1.29, 1.82) is 0 Å². The van der Waals surface area contributed by atoms with Crippen LogP contribution in [0.25, 0.3) is 0 Å². The summed E-state index contributed by atoms with van der Waals surface area (Å²) in [6.07, 6.45) is 1.02. The number of nitrogens with zero attached hydrogens (tertiary/aromatic N) is 2. The van der Waals surface area contributed by atoms with Crippen LogP contribution >= 0.6 is 0 Å². The van der Waals surface area contributed by atoms with Crippen molar-refractivity contribution in [1.82, 2.24) is 9.80 Å². The fourth-order valence-corrected chi connectivity index (χ4v) is 2.56. The predicted molar refractivity (Wildman–Crippen MR) is 65.8 cm³/mol. The molecule has 2 aliphatic heterocycles. The van der Waals surface area contributed by atoms with E-state index in [0.717, 1.165) is 44.8 Å². The second-order valence-corrected chi connectivity index (χ2v) is 5.11. The van der Waals surface area contributed by atoms with Crippen LogP contribution < -0.4 is 0 Å². The molecule has 0 radical (unpaired) electrons. The molecule has 2 rings (SSSR count). The van der Waals surface area contributed by atoms with Crippen LogP contribution in [0, 0.1) is 0 Å². The van der Waals surface area contributed by atoms with Gasteiger partial charge in [-0.15, -0.1) is 0 Å². The molecule has 19 heavy (non-hydrogen) atoms. The fourth-order valence-electron chi connectivity index (χ4n) is 2.56. The number of hydrogen-bond acceptors (Lipinski definition) is 1. The summed E-state index contributed by atoms with van der Waals surface area (Å²) in [5.74, 6) is 0. The molecular weight excluding hydrogens is 257 g/mol. The van der Waals surface area contributed by atoms with Crippen LogP contribution in [0.5, 0.6) is 0 Å². The van der Waals surface area contributed by atoms with Crippen molar-refractivity contribution >= 4 is 6.03 Å². The lowest BCUT2D eigenvalue weighted by Crippen LogP contribution is -2.46. The van der Waals surface area contributed by atoms with Crippen LogP contribution in [0.1, 0.15) is 32.1 Å². The molecule has 0 aromatic carbocycles. The van der Waals surface area contributed by atoms with Crippen LogP contribution in [-0.4, -0.2) is 48.2 Å². The van der Waals surface area contributed by atoms with Gasteiger partial charge in [0.05, 0.1) is 0 Å². The first-order chi connectivity index (χ1) is 8.98. The highest BCUT2D eigenvalue weighted by molar-refractivity contribution is 5.75. The van der Waals surface area contributed by atoms with Gasteiger partial charge in [-0.1, -0.05) is 18.9 Å². The lowest BCUT2D eigenvalue weighted by Gasteiger charge is -2.32. The third-order valence-electron chi connectivity index (χ3n) is 3.72. The molecule has 2 heterocycles. The van der Waals surface area contributed by atoms with Gasteiger partial charge in [0.2, 0.25) is 0 Å². The maximum Gasteiger partial charge on any atom is 0.412 e. The number of urea groups is 1. The molecule has 1 fully saturated rings. The summed E-state index contributed by atoms with van der Waals surface area (Å²) in [6.45, 7) is 1.70. The number of likely N-dealkylation sites (tertiary alicyclic amines) is 1. The van der Waals surface area contributed by atoms with Crippen molar-refractivity contribution in [3.05, 3.63) is 11.6 Å². The SMILES string of the molecule is O=C(N1CC=C(C(F)(F)F)CC1)N1CCCCCC1. The van der Waals surface area contributed by atoms with Crippen molar-refractivity contribution in [2.45, 2.75) is 38.3 Å². The highest BCUT2D eigenvalue weighted by Crippen LogP contribution is 2.30. The van der Waals surface area contributed by atoms with Gasteiger partial charge in [0.15, 0.2) is 0 Å². The topological polar surface area (TPSA) is 23.6 Å². The smallest absolute Gasteiger partial charge is 0.325 e. The Hall–Kier alpha value is -1.20. The molecule has 0 N–H and O–H groups in total. The van der Waals surface area contributed by atoms with E-state index in [1.165, 1.54) is 4.90 Å². The second kappa shape index (κ2) is 5.84.